The van der Waals surface area contributed by atoms with Crippen molar-refractivity contribution in [2.24, 2.45) is 0 Å². The summed E-state index contributed by atoms with van der Waals surface area (Å²) in [6.07, 6.45) is 4.04. The van der Waals surface area contributed by atoms with E-state index >= 15 is 0 Å². The van der Waals surface area contributed by atoms with Gasteiger partial charge in [-0.1, -0.05) is 55.8 Å². The summed E-state index contributed by atoms with van der Waals surface area (Å²) in [5.41, 5.74) is 10.9. The quantitative estimate of drug-likeness (QED) is 0.215. The molecule has 1 fully saturated rings. The molecule has 2 unspecified atom stereocenters. The van der Waals surface area contributed by atoms with E-state index in [1.807, 2.05) is 47.4 Å². The molecule has 45 heavy (non-hydrogen) atoms. The smallest absolute Gasteiger partial charge is 0.309 e. The lowest BCUT2D eigenvalue weighted by molar-refractivity contribution is -0.140. The zero-order chi connectivity index (χ0) is 31.9. The van der Waals surface area contributed by atoms with Crippen molar-refractivity contribution >= 4 is 39.6 Å². The third kappa shape index (κ3) is 7.99. The van der Waals surface area contributed by atoms with Gasteiger partial charge in [-0.05, 0) is 43.9 Å². The molecule has 1 aliphatic heterocycles. The van der Waals surface area contributed by atoms with Crippen LogP contribution in [0, 0.1) is 0 Å². The maximum absolute atomic E-state index is 13.9. The first-order valence-corrected chi connectivity index (χ1v) is 16.1. The Balaban J connectivity index is 1.40. The second-order valence-electron chi connectivity index (χ2n) is 12.2. The molecule has 1 aliphatic rings. The first kappa shape index (κ1) is 32.4. The number of carbonyl (C=O) groups is 2. The minimum Gasteiger partial charge on any atom is -0.469 e. The number of nitrogens with two attached hydrogens (primary N) is 1. The van der Waals surface area contributed by atoms with Crippen LogP contribution < -0.4 is 5.73 Å². The van der Waals surface area contributed by atoms with E-state index in [2.05, 4.69) is 41.3 Å². The Morgan fingerprint density at radius 1 is 1.04 bits per heavy atom. The SMILES string of the molecule is CCCCc1nc2c(N)nc3ccccc3c2n1CCCN(Cc1cccc(CC(=O)OC)c1)C(=O)CN1CC(C)OC(C)C1. The predicted octanol–water partition coefficient (Wildman–Crippen LogP) is 4.75. The highest BCUT2D eigenvalue weighted by atomic mass is 16.5. The van der Waals surface area contributed by atoms with Crippen molar-refractivity contribution < 1.29 is 19.1 Å². The number of para-hydroxylation sites is 1. The number of morpholine rings is 1. The predicted molar refractivity (Wildman–Crippen MR) is 177 cm³/mol. The van der Waals surface area contributed by atoms with Gasteiger partial charge in [-0.25, -0.2) is 9.97 Å². The van der Waals surface area contributed by atoms with E-state index in [1.165, 1.54) is 7.11 Å². The van der Waals surface area contributed by atoms with Crippen LogP contribution in [0.2, 0.25) is 0 Å². The van der Waals surface area contributed by atoms with Gasteiger partial charge < -0.3 is 24.7 Å². The van der Waals surface area contributed by atoms with Gasteiger partial charge in [-0.15, -0.1) is 0 Å². The number of hydrogen-bond donors (Lipinski definition) is 1. The lowest BCUT2D eigenvalue weighted by atomic mass is 10.1. The van der Waals surface area contributed by atoms with E-state index in [4.69, 9.17) is 20.2 Å². The van der Waals surface area contributed by atoms with Crippen LogP contribution in [-0.4, -0.2) is 81.7 Å². The van der Waals surface area contributed by atoms with Crippen molar-refractivity contribution in [2.75, 3.05) is 39.0 Å². The normalized spacial score (nSPS) is 17.2. The molecule has 240 valence electrons. The maximum Gasteiger partial charge on any atom is 0.309 e. The number of aromatic nitrogens is 3. The zero-order valence-electron chi connectivity index (χ0n) is 27.0. The largest absolute Gasteiger partial charge is 0.469 e. The molecule has 0 saturated carbocycles. The monoisotopic (exact) mass is 614 g/mol. The van der Waals surface area contributed by atoms with Crippen molar-refractivity contribution in [1.82, 2.24) is 24.3 Å². The van der Waals surface area contributed by atoms with Gasteiger partial charge in [0.1, 0.15) is 11.3 Å². The number of nitrogen functional groups attached to an aromatic ring is 1. The summed E-state index contributed by atoms with van der Waals surface area (Å²) in [7, 11) is 1.39. The van der Waals surface area contributed by atoms with Gasteiger partial charge in [0.15, 0.2) is 5.82 Å². The summed E-state index contributed by atoms with van der Waals surface area (Å²) < 4.78 is 13.1. The highest BCUT2D eigenvalue weighted by molar-refractivity contribution is 6.06. The van der Waals surface area contributed by atoms with Crippen LogP contribution in [0.4, 0.5) is 5.82 Å². The second-order valence-corrected chi connectivity index (χ2v) is 12.2. The van der Waals surface area contributed by atoms with Gasteiger partial charge in [0, 0.05) is 44.5 Å². The number of nitrogens with zero attached hydrogens (tertiary/aromatic N) is 5. The van der Waals surface area contributed by atoms with Crippen molar-refractivity contribution in [3.05, 3.63) is 65.5 Å². The molecular weight excluding hydrogens is 568 g/mol. The molecule has 0 aliphatic carbocycles. The molecule has 10 heteroatoms. The number of amides is 1. The molecule has 4 aromatic rings. The molecule has 3 heterocycles. The van der Waals surface area contributed by atoms with E-state index in [0.29, 0.717) is 32.0 Å². The molecule has 1 saturated heterocycles. The Morgan fingerprint density at radius 2 is 1.80 bits per heavy atom. The number of pyridine rings is 1. The Kier molecular flexibility index (Phi) is 10.7. The molecule has 5 rings (SSSR count). The molecule has 0 radical (unpaired) electrons. The number of unbranched alkanes of at least 4 members (excludes halogenated alkanes) is 1. The number of rotatable bonds is 13. The van der Waals surface area contributed by atoms with Gasteiger partial charge in [0.05, 0.1) is 43.3 Å². The fourth-order valence-electron chi connectivity index (χ4n) is 6.39. The molecule has 0 spiro atoms. The summed E-state index contributed by atoms with van der Waals surface area (Å²) in [4.78, 5) is 39.5. The van der Waals surface area contributed by atoms with Crippen LogP contribution in [0.15, 0.2) is 48.5 Å². The van der Waals surface area contributed by atoms with E-state index in [0.717, 1.165) is 77.7 Å². The number of carbonyl (C=O) groups excluding carboxylic acids is 2. The number of ether oxygens (including phenoxy) is 2. The minimum atomic E-state index is -0.287. The molecule has 10 nitrogen and oxygen atoms in total. The number of aryl methyl sites for hydroxylation is 2. The van der Waals surface area contributed by atoms with Crippen LogP contribution in [0.1, 0.15) is 57.0 Å². The Morgan fingerprint density at radius 3 is 2.56 bits per heavy atom. The van der Waals surface area contributed by atoms with Crippen LogP contribution in [0.5, 0.6) is 0 Å². The fourth-order valence-corrected chi connectivity index (χ4v) is 6.39. The lowest BCUT2D eigenvalue weighted by Gasteiger charge is -2.36. The van der Waals surface area contributed by atoms with Gasteiger partial charge in [0.2, 0.25) is 5.91 Å². The standard InChI is InChI=1S/C35H46N6O4/c1-5-6-15-30-38-33-34(28-13-7-8-14-29(28)37-35(33)36)41(30)17-10-16-40(31(42)23-39-20-24(2)45-25(3)21-39)22-27-12-9-11-26(18-27)19-32(43)44-4/h7-9,11-14,18,24-25H,5-6,10,15-17,19-23H2,1-4H3,(H2,36,37). The van der Waals surface area contributed by atoms with Crippen molar-refractivity contribution in [3.8, 4) is 0 Å². The molecule has 2 N–H and O–H groups in total. The van der Waals surface area contributed by atoms with Gasteiger partial charge in [-0.3, -0.25) is 14.5 Å². The van der Waals surface area contributed by atoms with E-state index < -0.39 is 0 Å². The number of fused-ring (bicyclic) bond motifs is 3. The van der Waals surface area contributed by atoms with E-state index in [1.54, 1.807) is 0 Å². The summed E-state index contributed by atoms with van der Waals surface area (Å²) in [6.45, 7) is 9.79. The second kappa shape index (κ2) is 14.8. The number of benzene rings is 2. The number of anilines is 1. The summed E-state index contributed by atoms with van der Waals surface area (Å²) in [5.74, 6) is 1.24. The lowest BCUT2D eigenvalue weighted by Crippen LogP contribution is -2.49. The molecule has 2 aromatic heterocycles. The molecular formula is C35H46N6O4. The number of esters is 1. The van der Waals surface area contributed by atoms with E-state index in [9.17, 15) is 9.59 Å². The first-order chi connectivity index (χ1) is 21.7. The van der Waals surface area contributed by atoms with Crippen LogP contribution in [-0.2, 0) is 45.0 Å². The molecule has 2 atom stereocenters. The highest BCUT2D eigenvalue weighted by Crippen LogP contribution is 2.29. The van der Waals surface area contributed by atoms with Crippen LogP contribution in [0.3, 0.4) is 0 Å². The summed E-state index contributed by atoms with van der Waals surface area (Å²) >= 11 is 0. The average Bonchev–Trinajstić information content (AvgIpc) is 3.38. The number of hydrogen-bond acceptors (Lipinski definition) is 8. The summed E-state index contributed by atoms with van der Waals surface area (Å²) in [6, 6.07) is 15.9. The summed E-state index contributed by atoms with van der Waals surface area (Å²) in [5, 5.41) is 1.03. The van der Waals surface area contributed by atoms with Crippen LogP contribution in [0.25, 0.3) is 21.9 Å². The first-order valence-electron chi connectivity index (χ1n) is 16.1. The number of imidazole rings is 1. The Hall–Kier alpha value is -4.02. The molecule has 2 aromatic carbocycles. The number of methoxy groups -OCH3 is 1. The van der Waals surface area contributed by atoms with Crippen molar-refractivity contribution in [3.63, 3.8) is 0 Å². The highest BCUT2D eigenvalue weighted by Gasteiger charge is 2.26. The third-order valence-corrected chi connectivity index (χ3v) is 8.40. The van der Waals surface area contributed by atoms with Crippen molar-refractivity contribution in [2.45, 2.75) is 78.2 Å². The Labute approximate surface area is 265 Å². The van der Waals surface area contributed by atoms with Crippen LogP contribution >= 0.6 is 0 Å². The Bertz CT molecular complexity index is 1630. The molecule has 0 bridgehead atoms. The fraction of sp³-hybridized carbons (Fsp3) is 0.486. The molecule has 1 amide bonds. The van der Waals surface area contributed by atoms with Gasteiger partial charge >= 0.3 is 5.97 Å². The maximum atomic E-state index is 13.9. The van der Waals surface area contributed by atoms with Gasteiger partial charge in [-0.2, -0.15) is 0 Å². The minimum absolute atomic E-state index is 0.0789. The van der Waals surface area contributed by atoms with E-state index in [-0.39, 0.29) is 30.5 Å². The van der Waals surface area contributed by atoms with Gasteiger partial charge in [0.25, 0.3) is 0 Å². The topological polar surface area (TPSA) is 116 Å². The average molecular weight is 615 g/mol. The van der Waals surface area contributed by atoms with Crippen molar-refractivity contribution in [1.29, 1.82) is 0 Å². The third-order valence-electron chi connectivity index (χ3n) is 8.40. The zero-order valence-corrected chi connectivity index (χ0v) is 27.0.